The molecular weight excluding hydrogens is 402 g/mol. The normalized spacial score (nSPS) is 14.5. The van der Waals surface area contributed by atoms with Gasteiger partial charge in [0.25, 0.3) is 10.0 Å². The van der Waals surface area contributed by atoms with Gasteiger partial charge in [0.1, 0.15) is 16.3 Å². The highest BCUT2D eigenvalue weighted by molar-refractivity contribution is 7.91. The Kier molecular flexibility index (Phi) is 3.87. The molecule has 0 amide bonds. The van der Waals surface area contributed by atoms with E-state index in [2.05, 4.69) is 14.4 Å². The molecule has 0 aliphatic carbocycles. The van der Waals surface area contributed by atoms with Crippen LogP contribution in [0, 0.1) is 6.92 Å². The Morgan fingerprint density at radius 3 is 2.40 bits per heavy atom. The lowest BCUT2D eigenvalue weighted by atomic mass is 9.98. The molecule has 0 unspecified atom stereocenters. The van der Waals surface area contributed by atoms with Gasteiger partial charge in [-0.15, -0.1) is 0 Å². The van der Waals surface area contributed by atoms with Gasteiger partial charge in [0.05, 0.1) is 0 Å². The van der Waals surface area contributed by atoms with Crippen LogP contribution in [0.3, 0.4) is 0 Å². The first-order valence-corrected chi connectivity index (χ1v) is 10.6. The summed E-state index contributed by atoms with van der Waals surface area (Å²) in [6, 6.07) is 15.1. The number of sulfonamides is 1. The molecule has 3 heterocycles. The molecule has 2 aromatic carbocycles. The maximum Gasteiger partial charge on any atom is 0.284 e. The largest absolute Gasteiger partial charge is 0.505 e. The number of H-pyrrole nitrogens is 1. The first-order chi connectivity index (χ1) is 14.4. The number of pyridine rings is 2. The van der Waals surface area contributed by atoms with Crippen molar-refractivity contribution in [3.8, 4) is 16.9 Å². The highest BCUT2D eigenvalue weighted by Crippen LogP contribution is 2.39. The molecule has 30 heavy (non-hydrogen) atoms. The number of aromatic amines is 1. The van der Waals surface area contributed by atoms with Gasteiger partial charge in [0.15, 0.2) is 5.75 Å². The average molecular weight is 417 g/mol. The predicted molar refractivity (Wildman–Crippen MR) is 113 cm³/mol. The number of hydrogen-bond acceptors (Lipinski definition) is 5. The lowest BCUT2D eigenvalue weighted by molar-refractivity contribution is 0.477. The summed E-state index contributed by atoms with van der Waals surface area (Å²) in [5.41, 5.74) is 1.90. The van der Waals surface area contributed by atoms with E-state index in [9.17, 15) is 18.3 Å². The number of aryl methyl sites for hydroxylation is 1. The molecule has 2 N–H and O–H groups in total. The van der Waals surface area contributed by atoms with Crippen molar-refractivity contribution in [2.24, 2.45) is 4.40 Å². The lowest BCUT2D eigenvalue weighted by Crippen LogP contribution is -2.06. The number of fused-ring (bicyclic) bond motifs is 2. The van der Waals surface area contributed by atoms with Gasteiger partial charge in [-0.3, -0.25) is 4.79 Å². The molecule has 0 saturated carbocycles. The van der Waals surface area contributed by atoms with Crippen LogP contribution in [-0.2, 0) is 10.0 Å². The number of benzene rings is 2. The van der Waals surface area contributed by atoms with E-state index >= 15 is 0 Å². The maximum absolute atomic E-state index is 13.0. The van der Waals surface area contributed by atoms with Crippen LogP contribution in [0.25, 0.3) is 21.9 Å². The van der Waals surface area contributed by atoms with Gasteiger partial charge >= 0.3 is 0 Å². The van der Waals surface area contributed by atoms with Crippen LogP contribution in [0.15, 0.2) is 74.9 Å². The van der Waals surface area contributed by atoms with E-state index in [1.54, 1.807) is 43.3 Å². The number of hydrogen-bond donors (Lipinski definition) is 2. The van der Waals surface area contributed by atoms with E-state index in [4.69, 9.17) is 0 Å². The molecule has 5 rings (SSSR count). The van der Waals surface area contributed by atoms with Crippen molar-refractivity contribution in [2.75, 3.05) is 0 Å². The summed E-state index contributed by atoms with van der Waals surface area (Å²) in [5, 5.41) is 12.2. The Morgan fingerprint density at radius 1 is 0.933 bits per heavy atom. The van der Waals surface area contributed by atoms with E-state index < -0.39 is 10.0 Å². The number of rotatable bonds is 2. The molecule has 0 spiro atoms. The number of aromatic hydroxyl groups is 1. The maximum atomic E-state index is 13.0. The zero-order valence-electron chi connectivity index (χ0n) is 15.7. The Bertz CT molecular complexity index is 1530. The van der Waals surface area contributed by atoms with Gasteiger partial charge in [0.2, 0.25) is 5.56 Å². The third-order valence-electron chi connectivity index (χ3n) is 5.13. The summed E-state index contributed by atoms with van der Waals surface area (Å²) in [6.07, 6.45) is 1.46. The van der Waals surface area contributed by atoms with Crippen LogP contribution in [0.4, 0.5) is 0 Å². The zero-order chi connectivity index (χ0) is 21.0. The lowest BCUT2D eigenvalue weighted by Gasteiger charge is -2.11. The second-order valence-electron chi connectivity index (χ2n) is 6.98. The first kappa shape index (κ1) is 18.3. The monoisotopic (exact) mass is 417 g/mol. The van der Waals surface area contributed by atoms with Crippen LogP contribution in [0.5, 0.6) is 5.75 Å². The molecule has 0 saturated heterocycles. The van der Waals surface area contributed by atoms with Gasteiger partial charge in [-0.25, -0.2) is 4.98 Å². The minimum Gasteiger partial charge on any atom is -0.505 e. The van der Waals surface area contributed by atoms with Crippen molar-refractivity contribution in [3.05, 3.63) is 88.1 Å². The second kappa shape index (κ2) is 6.36. The van der Waals surface area contributed by atoms with Crippen LogP contribution in [-0.4, -0.2) is 29.2 Å². The van der Waals surface area contributed by atoms with E-state index in [1.807, 2.05) is 12.1 Å². The summed E-state index contributed by atoms with van der Waals surface area (Å²) < 4.78 is 29.9. The minimum atomic E-state index is -4.03. The van der Waals surface area contributed by atoms with Crippen LogP contribution in [0.1, 0.15) is 17.0 Å². The van der Waals surface area contributed by atoms with Crippen molar-refractivity contribution in [2.45, 2.75) is 11.8 Å². The first-order valence-electron chi connectivity index (χ1n) is 9.13. The quantitative estimate of drug-likeness (QED) is 0.520. The molecule has 1 aliphatic rings. The predicted octanol–water partition coefficient (Wildman–Crippen LogP) is 3.14. The van der Waals surface area contributed by atoms with E-state index in [0.717, 1.165) is 5.39 Å². The third kappa shape index (κ3) is 2.65. The summed E-state index contributed by atoms with van der Waals surface area (Å²) in [6.45, 7) is 1.80. The van der Waals surface area contributed by atoms with Gasteiger partial charge in [-0.1, -0.05) is 42.5 Å². The number of aromatic nitrogens is 2. The van der Waals surface area contributed by atoms with Crippen molar-refractivity contribution >= 4 is 26.5 Å². The van der Waals surface area contributed by atoms with Crippen molar-refractivity contribution in [1.82, 2.24) is 9.97 Å². The highest BCUT2D eigenvalue weighted by atomic mass is 32.2. The SMILES string of the molecule is Cc1nc(C2=NS(=O)(=O)c3c2cccc3-c2ccc(=O)[nH]c2)c(O)c2ccccc12. The Morgan fingerprint density at radius 2 is 1.67 bits per heavy atom. The topological polar surface area (TPSA) is 112 Å². The summed E-state index contributed by atoms with van der Waals surface area (Å²) in [7, 11) is -4.03. The molecule has 1 aliphatic heterocycles. The molecule has 0 atom stereocenters. The fraction of sp³-hybridized carbons (Fsp3) is 0.0455. The van der Waals surface area contributed by atoms with Crippen molar-refractivity contribution < 1.29 is 13.5 Å². The molecule has 8 heteroatoms. The molecule has 0 radical (unpaired) electrons. The molecule has 4 aromatic rings. The fourth-order valence-corrected chi connectivity index (χ4v) is 5.19. The molecule has 148 valence electrons. The average Bonchev–Trinajstić information content (AvgIpc) is 3.02. The van der Waals surface area contributed by atoms with Crippen LogP contribution < -0.4 is 5.56 Å². The standard InChI is InChI=1S/C22H15N3O4S/c1-12-14-5-2-3-6-16(14)21(27)20(24-12)19-17-8-4-7-15(22(17)30(28,29)25-19)13-9-10-18(26)23-11-13/h2-11,27H,1H3,(H,23,26). The molecule has 0 bridgehead atoms. The van der Waals surface area contributed by atoms with Crippen molar-refractivity contribution in [1.29, 1.82) is 0 Å². The number of nitrogens with one attached hydrogen (secondary N) is 1. The summed E-state index contributed by atoms with van der Waals surface area (Å²) >= 11 is 0. The second-order valence-corrected chi connectivity index (χ2v) is 8.52. The third-order valence-corrected chi connectivity index (χ3v) is 6.51. The summed E-state index contributed by atoms with van der Waals surface area (Å²) in [5.74, 6) is -0.118. The molecule has 2 aromatic heterocycles. The van der Waals surface area contributed by atoms with Gasteiger partial charge in [-0.2, -0.15) is 12.8 Å². The van der Waals surface area contributed by atoms with E-state index in [0.29, 0.717) is 27.8 Å². The van der Waals surface area contributed by atoms with Crippen LogP contribution in [0.2, 0.25) is 0 Å². The Balaban J connectivity index is 1.79. The molecule has 0 fully saturated rings. The van der Waals surface area contributed by atoms with Gasteiger partial charge in [-0.05, 0) is 18.6 Å². The summed E-state index contributed by atoms with van der Waals surface area (Å²) in [4.78, 5) is 18.4. The van der Waals surface area contributed by atoms with Gasteiger partial charge in [0, 0.05) is 39.9 Å². The Labute approximate surface area is 171 Å². The zero-order valence-corrected chi connectivity index (χ0v) is 16.6. The van der Waals surface area contributed by atoms with E-state index in [1.165, 1.54) is 12.3 Å². The number of nitrogens with zero attached hydrogens (tertiary/aromatic N) is 2. The van der Waals surface area contributed by atoms with Gasteiger partial charge < -0.3 is 10.1 Å². The fourth-order valence-electron chi connectivity index (χ4n) is 3.77. The molecule has 7 nitrogen and oxygen atoms in total. The van der Waals surface area contributed by atoms with Crippen molar-refractivity contribution in [3.63, 3.8) is 0 Å². The minimum absolute atomic E-state index is 0.0269. The van der Waals surface area contributed by atoms with E-state index in [-0.39, 0.29) is 27.6 Å². The Hall–Kier alpha value is -3.78. The highest BCUT2D eigenvalue weighted by Gasteiger charge is 2.35. The smallest absolute Gasteiger partial charge is 0.284 e. The van der Waals surface area contributed by atoms with Crippen LogP contribution >= 0.6 is 0 Å². The molecular formula is C22H15N3O4S.